The molecule has 0 radical (unpaired) electrons. The van der Waals surface area contributed by atoms with Gasteiger partial charge in [0, 0.05) is 10.3 Å². The van der Waals surface area contributed by atoms with Crippen molar-refractivity contribution in [2.75, 3.05) is 0 Å². The standard InChI is InChI=1S/C13H19NOS/c1-10-5-8-16-11(10)9-14-12(15)13(2)6-3-4-7-13/h5,8H,3-4,6-7,9H2,1-2H3,(H,14,15). The zero-order chi connectivity index (χ0) is 11.6. The smallest absolute Gasteiger partial charge is 0.226 e. The number of amides is 1. The lowest BCUT2D eigenvalue weighted by molar-refractivity contribution is -0.130. The van der Waals surface area contributed by atoms with Gasteiger partial charge in [-0.25, -0.2) is 0 Å². The van der Waals surface area contributed by atoms with E-state index in [1.165, 1.54) is 23.3 Å². The van der Waals surface area contributed by atoms with Gasteiger partial charge in [0.15, 0.2) is 0 Å². The molecule has 1 aromatic rings. The topological polar surface area (TPSA) is 29.1 Å². The van der Waals surface area contributed by atoms with E-state index in [2.05, 4.69) is 30.6 Å². The molecule has 0 saturated heterocycles. The van der Waals surface area contributed by atoms with Crippen LogP contribution in [-0.4, -0.2) is 5.91 Å². The predicted octanol–water partition coefficient (Wildman–Crippen LogP) is 3.25. The van der Waals surface area contributed by atoms with Gasteiger partial charge in [-0.15, -0.1) is 11.3 Å². The maximum Gasteiger partial charge on any atom is 0.226 e. The molecule has 88 valence electrons. The van der Waals surface area contributed by atoms with E-state index in [1.54, 1.807) is 11.3 Å². The molecule has 2 nitrogen and oxygen atoms in total. The van der Waals surface area contributed by atoms with E-state index in [4.69, 9.17) is 0 Å². The summed E-state index contributed by atoms with van der Waals surface area (Å²) in [6.07, 6.45) is 4.48. The molecule has 1 aliphatic carbocycles. The van der Waals surface area contributed by atoms with Crippen LogP contribution in [-0.2, 0) is 11.3 Å². The number of aryl methyl sites for hydroxylation is 1. The first-order valence-corrected chi connectivity index (χ1v) is 6.81. The van der Waals surface area contributed by atoms with Crippen molar-refractivity contribution in [1.82, 2.24) is 5.32 Å². The number of rotatable bonds is 3. The second-order valence-corrected chi connectivity index (χ2v) is 5.98. The maximum atomic E-state index is 12.1. The van der Waals surface area contributed by atoms with Crippen molar-refractivity contribution in [1.29, 1.82) is 0 Å². The molecule has 0 aliphatic heterocycles. The molecule has 2 rings (SSSR count). The van der Waals surface area contributed by atoms with Crippen molar-refractivity contribution in [3.8, 4) is 0 Å². The molecule has 3 heteroatoms. The summed E-state index contributed by atoms with van der Waals surface area (Å²) in [5, 5.41) is 5.16. The van der Waals surface area contributed by atoms with Crippen LogP contribution in [0.25, 0.3) is 0 Å². The molecular formula is C13H19NOS. The summed E-state index contributed by atoms with van der Waals surface area (Å²) >= 11 is 1.72. The summed E-state index contributed by atoms with van der Waals surface area (Å²) in [6.45, 7) is 4.88. The summed E-state index contributed by atoms with van der Waals surface area (Å²) in [5.74, 6) is 0.234. The van der Waals surface area contributed by atoms with E-state index < -0.39 is 0 Å². The lowest BCUT2D eigenvalue weighted by atomic mass is 9.88. The van der Waals surface area contributed by atoms with Gasteiger partial charge in [-0.2, -0.15) is 0 Å². The van der Waals surface area contributed by atoms with Gasteiger partial charge in [-0.05, 0) is 36.8 Å². The summed E-state index contributed by atoms with van der Waals surface area (Å²) in [6, 6.07) is 2.10. The quantitative estimate of drug-likeness (QED) is 0.859. The highest BCUT2D eigenvalue weighted by molar-refractivity contribution is 7.10. The van der Waals surface area contributed by atoms with Gasteiger partial charge in [-0.3, -0.25) is 4.79 Å². The van der Waals surface area contributed by atoms with Gasteiger partial charge in [-0.1, -0.05) is 19.8 Å². The SMILES string of the molecule is Cc1ccsc1CNC(=O)C1(C)CCCC1. The van der Waals surface area contributed by atoms with Crippen LogP contribution in [0.1, 0.15) is 43.0 Å². The second kappa shape index (κ2) is 4.58. The Morgan fingerprint density at radius 1 is 1.50 bits per heavy atom. The van der Waals surface area contributed by atoms with E-state index >= 15 is 0 Å². The summed E-state index contributed by atoms with van der Waals surface area (Å²) in [7, 11) is 0. The Balaban J connectivity index is 1.91. The van der Waals surface area contributed by atoms with E-state index in [0.717, 1.165) is 12.8 Å². The Morgan fingerprint density at radius 2 is 2.19 bits per heavy atom. The average molecular weight is 237 g/mol. The molecule has 1 fully saturated rings. The lowest BCUT2D eigenvalue weighted by Gasteiger charge is -2.22. The number of hydrogen-bond donors (Lipinski definition) is 1. The van der Waals surface area contributed by atoms with Crippen LogP contribution in [0.4, 0.5) is 0 Å². The molecule has 16 heavy (non-hydrogen) atoms. The molecule has 0 bridgehead atoms. The molecule has 0 atom stereocenters. The van der Waals surface area contributed by atoms with Gasteiger partial charge < -0.3 is 5.32 Å². The van der Waals surface area contributed by atoms with E-state index in [0.29, 0.717) is 6.54 Å². The molecular weight excluding hydrogens is 218 g/mol. The molecule has 0 aromatic carbocycles. The Kier molecular flexibility index (Phi) is 3.33. The number of hydrogen-bond acceptors (Lipinski definition) is 2. The fourth-order valence-electron chi connectivity index (χ4n) is 2.34. The molecule has 0 spiro atoms. The van der Waals surface area contributed by atoms with Crippen LogP contribution in [0.3, 0.4) is 0 Å². The normalized spacial score (nSPS) is 18.6. The van der Waals surface area contributed by atoms with Crippen LogP contribution in [0, 0.1) is 12.3 Å². The monoisotopic (exact) mass is 237 g/mol. The third-order valence-electron chi connectivity index (χ3n) is 3.63. The third-order valence-corrected chi connectivity index (χ3v) is 4.66. The first-order chi connectivity index (χ1) is 7.62. The van der Waals surface area contributed by atoms with Crippen LogP contribution >= 0.6 is 11.3 Å². The van der Waals surface area contributed by atoms with Gasteiger partial charge in [0.05, 0.1) is 6.54 Å². The minimum atomic E-state index is -0.106. The Morgan fingerprint density at radius 3 is 2.75 bits per heavy atom. The first-order valence-electron chi connectivity index (χ1n) is 5.93. The maximum absolute atomic E-state index is 12.1. The molecule has 1 amide bonds. The van der Waals surface area contributed by atoms with Crippen LogP contribution < -0.4 is 5.32 Å². The molecule has 1 heterocycles. The molecule has 1 N–H and O–H groups in total. The van der Waals surface area contributed by atoms with Crippen molar-refractivity contribution >= 4 is 17.2 Å². The highest BCUT2D eigenvalue weighted by atomic mass is 32.1. The van der Waals surface area contributed by atoms with E-state index in [-0.39, 0.29) is 11.3 Å². The number of carbonyl (C=O) groups is 1. The number of nitrogens with one attached hydrogen (secondary N) is 1. The van der Waals surface area contributed by atoms with Crippen molar-refractivity contribution in [2.24, 2.45) is 5.41 Å². The second-order valence-electron chi connectivity index (χ2n) is 4.98. The summed E-state index contributed by atoms with van der Waals surface area (Å²) in [4.78, 5) is 13.3. The lowest BCUT2D eigenvalue weighted by Crippen LogP contribution is -2.36. The largest absolute Gasteiger partial charge is 0.351 e. The van der Waals surface area contributed by atoms with Crippen molar-refractivity contribution in [3.05, 3.63) is 21.9 Å². The summed E-state index contributed by atoms with van der Waals surface area (Å²) in [5.41, 5.74) is 1.17. The highest BCUT2D eigenvalue weighted by Gasteiger charge is 2.35. The van der Waals surface area contributed by atoms with Gasteiger partial charge in [0.1, 0.15) is 0 Å². The van der Waals surface area contributed by atoms with E-state index in [1.807, 2.05) is 0 Å². The number of carbonyl (C=O) groups excluding carboxylic acids is 1. The zero-order valence-electron chi connectivity index (χ0n) is 10.0. The highest BCUT2D eigenvalue weighted by Crippen LogP contribution is 2.37. The molecule has 1 aromatic heterocycles. The van der Waals surface area contributed by atoms with Gasteiger partial charge >= 0.3 is 0 Å². The minimum absolute atomic E-state index is 0.106. The van der Waals surface area contributed by atoms with Crippen molar-refractivity contribution < 1.29 is 4.79 Å². The Labute approximate surface area is 101 Å². The fraction of sp³-hybridized carbons (Fsp3) is 0.615. The van der Waals surface area contributed by atoms with Crippen molar-refractivity contribution in [3.63, 3.8) is 0 Å². The molecule has 1 aliphatic rings. The number of thiophene rings is 1. The zero-order valence-corrected chi connectivity index (χ0v) is 10.8. The predicted molar refractivity (Wildman–Crippen MR) is 67.5 cm³/mol. The fourth-order valence-corrected chi connectivity index (χ4v) is 3.19. The van der Waals surface area contributed by atoms with Crippen molar-refractivity contribution in [2.45, 2.75) is 46.1 Å². The Hall–Kier alpha value is -0.830. The molecule has 1 saturated carbocycles. The van der Waals surface area contributed by atoms with Crippen LogP contribution in [0.5, 0.6) is 0 Å². The van der Waals surface area contributed by atoms with Gasteiger partial charge in [0.25, 0.3) is 0 Å². The summed E-state index contributed by atoms with van der Waals surface area (Å²) < 4.78 is 0. The molecule has 0 unspecified atom stereocenters. The van der Waals surface area contributed by atoms with Crippen LogP contribution in [0.15, 0.2) is 11.4 Å². The average Bonchev–Trinajstić information content (AvgIpc) is 2.85. The Bertz CT molecular complexity index is 377. The third kappa shape index (κ3) is 2.29. The first kappa shape index (κ1) is 11.6. The van der Waals surface area contributed by atoms with E-state index in [9.17, 15) is 4.79 Å². The minimum Gasteiger partial charge on any atom is -0.351 e. The van der Waals surface area contributed by atoms with Gasteiger partial charge in [0.2, 0.25) is 5.91 Å². The van der Waals surface area contributed by atoms with Crippen LogP contribution in [0.2, 0.25) is 0 Å².